The highest BCUT2D eigenvalue weighted by Crippen LogP contribution is 2.36. The van der Waals surface area contributed by atoms with E-state index in [0.717, 1.165) is 27.6 Å². The molecule has 0 aliphatic carbocycles. The van der Waals surface area contributed by atoms with Crippen molar-refractivity contribution in [1.82, 2.24) is 4.98 Å². The third kappa shape index (κ3) is 2.64. The van der Waals surface area contributed by atoms with Gasteiger partial charge >= 0.3 is 6.18 Å². The van der Waals surface area contributed by atoms with Gasteiger partial charge < -0.3 is 0 Å². The van der Waals surface area contributed by atoms with E-state index < -0.39 is 11.7 Å². The summed E-state index contributed by atoms with van der Waals surface area (Å²) in [4.78, 5) is 4.46. The van der Waals surface area contributed by atoms with E-state index >= 15 is 0 Å². The van der Waals surface area contributed by atoms with Crippen molar-refractivity contribution in [2.75, 3.05) is 0 Å². The molecule has 1 nitrogen and oxygen atoms in total. The van der Waals surface area contributed by atoms with E-state index in [9.17, 15) is 13.2 Å². The number of hydrogen-bond donors (Lipinski definition) is 0. The molecule has 124 valence electrons. The van der Waals surface area contributed by atoms with Crippen LogP contribution in [0.5, 0.6) is 0 Å². The molecular formula is C21H14F3N. The lowest BCUT2D eigenvalue weighted by molar-refractivity contribution is -0.137. The molecule has 0 spiro atoms. The largest absolute Gasteiger partial charge is 0.416 e. The molecule has 0 unspecified atom stereocenters. The SMILES string of the molecule is Cc1cc(C(F)(F)F)ccc1-c1nccc2c1ccc1ccccc12. The Kier molecular flexibility index (Phi) is 3.49. The van der Waals surface area contributed by atoms with Crippen LogP contribution in [-0.4, -0.2) is 4.98 Å². The molecule has 1 aromatic heterocycles. The second kappa shape index (κ2) is 5.59. The van der Waals surface area contributed by atoms with Crippen LogP contribution in [-0.2, 0) is 6.18 Å². The van der Waals surface area contributed by atoms with Crippen molar-refractivity contribution < 1.29 is 13.2 Å². The van der Waals surface area contributed by atoms with E-state index in [-0.39, 0.29) is 0 Å². The Hall–Kier alpha value is -2.88. The van der Waals surface area contributed by atoms with Crippen molar-refractivity contribution in [3.05, 3.63) is 78.0 Å². The van der Waals surface area contributed by atoms with Crippen molar-refractivity contribution >= 4 is 21.5 Å². The van der Waals surface area contributed by atoms with Crippen LogP contribution in [0.15, 0.2) is 66.9 Å². The van der Waals surface area contributed by atoms with E-state index in [1.807, 2.05) is 42.5 Å². The van der Waals surface area contributed by atoms with Crippen LogP contribution < -0.4 is 0 Å². The van der Waals surface area contributed by atoms with Crippen LogP contribution in [0.1, 0.15) is 11.1 Å². The molecule has 0 saturated heterocycles. The van der Waals surface area contributed by atoms with Gasteiger partial charge in [0.25, 0.3) is 0 Å². The number of hydrogen-bond acceptors (Lipinski definition) is 1. The van der Waals surface area contributed by atoms with Gasteiger partial charge in [-0.05, 0) is 46.8 Å². The standard InChI is InChI=1S/C21H14F3N/c1-13-12-15(21(22,23)24)7-9-16(13)20-19-8-6-14-4-2-3-5-17(14)18(19)10-11-25-20/h2-12H,1H3. The van der Waals surface area contributed by atoms with Crippen LogP contribution in [0.25, 0.3) is 32.8 Å². The lowest BCUT2D eigenvalue weighted by Gasteiger charge is -2.13. The molecule has 3 aromatic carbocycles. The fraction of sp³-hybridized carbons (Fsp3) is 0.0952. The van der Waals surface area contributed by atoms with Crippen molar-refractivity contribution in [3.8, 4) is 11.3 Å². The fourth-order valence-electron chi connectivity index (χ4n) is 3.26. The number of aryl methyl sites for hydroxylation is 1. The third-order valence-electron chi connectivity index (χ3n) is 4.48. The van der Waals surface area contributed by atoms with Gasteiger partial charge in [-0.1, -0.05) is 42.5 Å². The number of benzene rings is 3. The number of alkyl halides is 3. The predicted molar refractivity (Wildman–Crippen MR) is 94.4 cm³/mol. The first-order chi connectivity index (χ1) is 11.9. The summed E-state index contributed by atoms with van der Waals surface area (Å²) < 4.78 is 38.7. The van der Waals surface area contributed by atoms with Crippen LogP contribution in [0.3, 0.4) is 0 Å². The normalized spacial score (nSPS) is 12.0. The number of aromatic nitrogens is 1. The average Bonchev–Trinajstić information content (AvgIpc) is 2.60. The molecule has 4 rings (SSSR count). The van der Waals surface area contributed by atoms with Crippen LogP contribution >= 0.6 is 0 Å². The van der Waals surface area contributed by atoms with Crippen molar-refractivity contribution in [2.24, 2.45) is 0 Å². The molecule has 4 heteroatoms. The zero-order valence-corrected chi connectivity index (χ0v) is 13.4. The maximum atomic E-state index is 12.9. The molecule has 0 atom stereocenters. The van der Waals surface area contributed by atoms with E-state index in [1.54, 1.807) is 13.1 Å². The van der Waals surface area contributed by atoms with Gasteiger partial charge in [0.2, 0.25) is 0 Å². The van der Waals surface area contributed by atoms with Crippen molar-refractivity contribution in [1.29, 1.82) is 0 Å². The Morgan fingerprint density at radius 2 is 1.60 bits per heavy atom. The molecule has 25 heavy (non-hydrogen) atoms. The third-order valence-corrected chi connectivity index (χ3v) is 4.48. The van der Waals surface area contributed by atoms with E-state index in [2.05, 4.69) is 4.98 Å². The Morgan fingerprint density at radius 3 is 2.36 bits per heavy atom. The molecule has 0 N–H and O–H groups in total. The first-order valence-corrected chi connectivity index (χ1v) is 7.90. The van der Waals surface area contributed by atoms with Gasteiger partial charge in [0.1, 0.15) is 0 Å². The molecule has 0 aliphatic heterocycles. The summed E-state index contributed by atoms with van der Waals surface area (Å²) in [6.07, 6.45) is -2.63. The number of rotatable bonds is 1. The quantitative estimate of drug-likeness (QED) is 0.367. The maximum Gasteiger partial charge on any atom is 0.416 e. The average molecular weight is 337 g/mol. The lowest BCUT2D eigenvalue weighted by atomic mass is 9.96. The van der Waals surface area contributed by atoms with Gasteiger partial charge in [-0.2, -0.15) is 13.2 Å². The monoisotopic (exact) mass is 337 g/mol. The maximum absolute atomic E-state index is 12.9. The zero-order chi connectivity index (χ0) is 17.6. The van der Waals surface area contributed by atoms with E-state index in [1.165, 1.54) is 12.1 Å². The van der Waals surface area contributed by atoms with Gasteiger partial charge in [-0.3, -0.25) is 4.98 Å². The minimum absolute atomic E-state index is 0.558. The summed E-state index contributed by atoms with van der Waals surface area (Å²) in [5, 5.41) is 4.20. The minimum Gasteiger partial charge on any atom is -0.256 e. The summed E-state index contributed by atoms with van der Waals surface area (Å²) >= 11 is 0. The molecule has 4 aromatic rings. The van der Waals surface area contributed by atoms with Gasteiger partial charge in [0.05, 0.1) is 11.3 Å². The van der Waals surface area contributed by atoms with E-state index in [4.69, 9.17) is 0 Å². The molecule has 0 fully saturated rings. The van der Waals surface area contributed by atoms with Crippen LogP contribution in [0, 0.1) is 6.92 Å². The predicted octanol–water partition coefficient (Wildman–Crippen LogP) is 6.38. The minimum atomic E-state index is -4.34. The summed E-state index contributed by atoms with van der Waals surface area (Å²) in [5.41, 5.74) is 1.34. The molecule has 1 heterocycles. The number of nitrogens with zero attached hydrogens (tertiary/aromatic N) is 1. The van der Waals surface area contributed by atoms with Gasteiger partial charge in [-0.15, -0.1) is 0 Å². The summed E-state index contributed by atoms with van der Waals surface area (Å²) in [6.45, 7) is 1.69. The molecule has 0 aliphatic rings. The Balaban J connectivity index is 1.97. The second-order valence-corrected chi connectivity index (χ2v) is 6.07. The van der Waals surface area contributed by atoms with Crippen molar-refractivity contribution in [3.63, 3.8) is 0 Å². The summed E-state index contributed by atoms with van der Waals surface area (Å²) in [5.74, 6) is 0. The molecular weight excluding hydrogens is 323 g/mol. The smallest absolute Gasteiger partial charge is 0.256 e. The second-order valence-electron chi connectivity index (χ2n) is 6.07. The first kappa shape index (κ1) is 15.6. The molecule has 0 bridgehead atoms. The number of pyridine rings is 1. The van der Waals surface area contributed by atoms with Gasteiger partial charge in [0, 0.05) is 17.1 Å². The molecule has 0 amide bonds. The molecule has 0 radical (unpaired) electrons. The highest BCUT2D eigenvalue weighted by molar-refractivity contribution is 6.11. The molecule has 0 saturated carbocycles. The lowest BCUT2D eigenvalue weighted by Crippen LogP contribution is -2.05. The number of halogens is 3. The van der Waals surface area contributed by atoms with Crippen LogP contribution in [0.4, 0.5) is 13.2 Å². The highest BCUT2D eigenvalue weighted by atomic mass is 19.4. The first-order valence-electron chi connectivity index (χ1n) is 7.90. The zero-order valence-electron chi connectivity index (χ0n) is 13.4. The van der Waals surface area contributed by atoms with E-state index in [0.29, 0.717) is 16.8 Å². The highest BCUT2D eigenvalue weighted by Gasteiger charge is 2.30. The topological polar surface area (TPSA) is 12.9 Å². The number of fused-ring (bicyclic) bond motifs is 3. The van der Waals surface area contributed by atoms with Crippen LogP contribution in [0.2, 0.25) is 0 Å². The fourth-order valence-corrected chi connectivity index (χ4v) is 3.26. The Morgan fingerprint density at radius 1 is 0.800 bits per heavy atom. The van der Waals surface area contributed by atoms with Gasteiger partial charge in [-0.25, -0.2) is 0 Å². The Labute approximate surface area is 142 Å². The summed E-state index contributed by atoms with van der Waals surface area (Å²) in [7, 11) is 0. The van der Waals surface area contributed by atoms with Gasteiger partial charge in [0.15, 0.2) is 0 Å². The summed E-state index contributed by atoms with van der Waals surface area (Å²) in [6, 6.07) is 17.8. The van der Waals surface area contributed by atoms with Crippen molar-refractivity contribution in [2.45, 2.75) is 13.1 Å². The Bertz CT molecular complexity index is 1100.